The van der Waals surface area contributed by atoms with Crippen LogP contribution in [0.5, 0.6) is 0 Å². The van der Waals surface area contributed by atoms with Gasteiger partial charge in [-0.1, -0.05) is 0 Å². The van der Waals surface area contributed by atoms with Gasteiger partial charge in [0.25, 0.3) is 0 Å². The van der Waals surface area contributed by atoms with Crippen molar-refractivity contribution >= 4 is 11.5 Å². The summed E-state index contributed by atoms with van der Waals surface area (Å²) in [6.07, 6.45) is 6.16. The van der Waals surface area contributed by atoms with E-state index in [0.29, 0.717) is 6.04 Å². The number of fused-ring (bicyclic) bond motifs is 1. The first-order valence-electron chi connectivity index (χ1n) is 7.64. The van der Waals surface area contributed by atoms with E-state index in [-0.39, 0.29) is 5.54 Å². The summed E-state index contributed by atoms with van der Waals surface area (Å²) in [6, 6.07) is 0.472. The van der Waals surface area contributed by atoms with Gasteiger partial charge in [-0.25, -0.2) is 4.98 Å². The van der Waals surface area contributed by atoms with Crippen molar-refractivity contribution in [1.29, 1.82) is 0 Å². The number of rotatable bonds is 3. The molecule has 1 aliphatic heterocycles. The first kappa shape index (κ1) is 14.3. The molecule has 0 bridgehead atoms. The third kappa shape index (κ3) is 2.85. The van der Waals surface area contributed by atoms with Crippen molar-refractivity contribution in [1.82, 2.24) is 24.9 Å². The zero-order chi connectivity index (χ0) is 15.0. The second-order valence-corrected chi connectivity index (χ2v) is 6.81. The molecule has 2 aromatic rings. The smallest absolute Gasteiger partial charge is 0.203 e. The predicted molar refractivity (Wildman–Crippen MR) is 83.6 cm³/mol. The lowest BCUT2D eigenvalue weighted by molar-refractivity contribution is 0.404. The molecule has 1 fully saturated rings. The minimum Gasteiger partial charge on any atom is -0.349 e. The van der Waals surface area contributed by atoms with Crippen LogP contribution in [-0.4, -0.2) is 44.3 Å². The lowest BCUT2D eigenvalue weighted by Gasteiger charge is -2.29. The molecule has 1 saturated heterocycles. The van der Waals surface area contributed by atoms with E-state index in [4.69, 9.17) is 0 Å². The van der Waals surface area contributed by atoms with Crippen LogP contribution in [0.25, 0.3) is 5.65 Å². The summed E-state index contributed by atoms with van der Waals surface area (Å²) < 4.78 is 2.01. The molecule has 1 aliphatic rings. The molecule has 6 nitrogen and oxygen atoms in total. The normalized spacial score (nSPS) is 19.6. The number of nitrogens with one attached hydrogen (secondary N) is 1. The zero-order valence-corrected chi connectivity index (χ0v) is 13.3. The van der Waals surface area contributed by atoms with Gasteiger partial charge in [0.1, 0.15) is 5.82 Å². The third-order valence-corrected chi connectivity index (χ3v) is 4.00. The Hall–Kier alpha value is -1.69. The first-order chi connectivity index (χ1) is 9.96. The lowest BCUT2D eigenvalue weighted by Crippen LogP contribution is -2.45. The molecule has 3 rings (SSSR count). The highest BCUT2D eigenvalue weighted by Gasteiger charge is 2.28. The monoisotopic (exact) mass is 288 g/mol. The molecule has 114 valence electrons. The summed E-state index contributed by atoms with van der Waals surface area (Å²) in [5.74, 6) is 1.86. The van der Waals surface area contributed by atoms with Crippen LogP contribution in [0.4, 0.5) is 5.82 Å². The molecule has 0 spiro atoms. The van der Waals surface area contributed by atoms with Gasteiger partial charge in [-0.2, -0.15) is 0 Å². The number of aryl methyl sites for hydroxylation is 1. The Kier molecular flexibility index (Phi) is 3.57. The second kappa shape index (κ2) is 5.26. The molecule has 1 unspecified atom stereocenters. The molecular weight excluding hydrogens is 264 g/mol. The van der Waals surface area contributed by atoms with E-state index >= 15 is 0 Å². The van der Waals surface area contributed by atoms with E-state index < -0.39 is 0 Å². The molecule has 0 aromatic carbocycles. The largest absolute Gasteiger partial charge is 0.349 e. The molecule has 0 radical (unpaired) electrons. The fourth-order valence-corrected chi connectivity index (χ4v) is 2.88. The van der Waals surface area contributed by atoms with E-state index in [1.54, 1.807) is 0 Å². The van der Waals surface area contributed by atoms with Gasteiger partial charge in [0, 0.05) is 37.1 Å². The predicted octanol–water partition coefficient (Wildman–Crippen LogP) is 1.79. The maximum Gasteiger partial charge on any atom is 0.203 e. The molecule has 0 saturated carbocycles. The van der Waals surface area contributed by atoms with Crippen LogP contribution < -0.4 is 10.2 Å². The second-order valence-electron chi connectivity index (χ2n) is 6.81. The van der Waals surface area contributed by atoms with E-state index in [1.807, 2.05) is 23.7 Å². The van der Waals surface area contributed by atoms with Crippen molar-refractivity contribution in [3.63, 3.8) is 0 Å². The first-order valence-corrected chi connectivity index (χ1v) is 7.64. The number of nitrogens with zero attached hydrogens (tertiary/aromatic N) is 5. The van der Waals surface area contributed by atoms with E-state index in [1.165, 1.54) is 12.8 Å². The van der Waals surface area contributed by atoms with Gasteiger partial charge < -0.3 is 10.2 Å². The van der Waals surface area contributed by atoms with Crippen LogP contribution in [0, 0.1) is 6.92 Å². The van der Waals surface area contributed by atoms with Gasteiger partial charge in [-0.05, 0) is 40.5 Å². The summed E-state index contributed by atoms with van der Waals surface area (Å²) in [5, 5.41) is 12.1. The minimum absolute atomic E-state index is 0.138. The molecule has 1 atom stereocenters. The standard InChI is InChI=1S/C15H24N6/c1-11-18-19-14-13(16-7-9-20(11)14)21-8-5-6-12(21)10-17-15(2,3)4/h7,9,12,17H,5-6,8,10H2,1-4H3. The van der Waals surface area contributed by atoms with Crippen molar-refractivity contribution in [2.45, 2.75) is 52.1 Å². The summed E-state index contributed by atoms with van der Waals surface area (Å²) >= 11 is 0. The molecule has 3 heterocycles. The van der Waals surface area contributed by atoms with Gasteiger partial charge in [-0.3, -0.25) is 4.40 Å². The minimum atomic E-state index is 0.138. The summed E-state index contributed by atoms with van der Waals surface area (Å²) in [5.41, 5.74) is 0.997. The van der Waals surface area contributed by atoms with Crippen LogP contribution in [0.1, 0.15) is 39.4 Å². The van der Waals surface area contributed by atoms with Crippen molar-refractivity contribution in [2.75, 3.05) is 18.0 Å². The Labute approximate surface area is 125 Å². The maximum atomic E-state index is 4.57. The van der Waals surface area contributed by atoms with Gasteiger partial charge >= 0.3 is 0 Å². The molecule has 2 aromatic heterocycles. The lowest BCUT2D eigenvalue weighted by atomic mass is 10.1. The summed E-state index contributed by atoms with van der Waals surface area (Å²) in [4.78, 5) is 6.95. The van der Waals surface area contributed by atoms with E-state index in [0.717, 1.165) is 30.4 Å². The maximum absolute atomic E-state index is 4.57. The van der Waals surface area contributed by atoms with Gasteiger partial charge in [0.05, 0.1) is 0 Å². The van der Waals surface area contributed by atoms with Crippen LogP contribution in [0.15, 0.2) is 12.4 Å². The summed E-state index contributed by atoms with van der Waals surface area (Å²) in [6.45, 7) is 10.6. The van der Waals surface area contributed by atoms with Gasteiger partial charge in [0.15, 0.2) is 5.82 Å². The fourth-order valence-electron chi connectivity index (χ4n) is 2.88. The number of hydrogen-bond donors (Lipinski definition) is 1. The average molecular weight is 288 g/mol. The Morgan fingerprint density at radius 2 is 2.14 bits per heavy atom. The van der Waals surface area contributed by atoms with Gasteiger partial charge in [0.2, 0.25) is 5.65 Å². The number of hydrogen-bond acceptors (Lipinski definition) is 5. The highest BCUT2D eigenvalue weighted by molar-refractivity contribution is 5.64. The highest BCUT2D eigenvalue weighted by Crippen LogP contribution is 2.26. The van der Waals surface area contributed by atoms with Gasteiger partial charge in [-0.15, -0.1) is 10.2 Å². The Morgan fingerprint density at radius 3 is 2.90 bits per heavy atom. The highest BCUT2D eigenvalue weighted by atomic mass is 15.3. The molecular formula is C15H24N6. The van der Waals surface area contributed by atoms with Crippen molar-refractivity contribution in [3.05, 3.63) is 18.2 Å². The van der Waals surface area contributed by atoms with Crippen LogP contribution in [-0.2, 0) is 0 Å². The molecule has 1 N–H and O–H groups in total. The summed E-state index contributed by atoms with van der Waals surface area (Å²) in [7, 11) is 0. The molecule has 21 heavy (non-hydrogen) atoms. The van der Waals surface area contributed by atoms with Crippen LogP contribution >= 0.6 is 0 Å². The fraction of sp³-hybridized carbons (Fsp3) is 0.667. The topological polar surface area (TPSA) is 58.4 Å². The molecule has 6 heteroatoms. The van der Waals surface area contributed by atoms with Crippen molar-refractivity contribution < 1.29 is 0 Å². The van der Waals surface area contributed by atoms with Crippen LogP contribution in [0.2, 0.25) is 0 Å². The third-order valence-electron chi connectivity index (χ3n) is 4.00. The average Bonchev–Trinajstić information content (AvgIpc) is 3.03. The van der Waals surface area contributed by atoms with E-state index in [9.17, 15) is 0 Å². The Balaban J connectivity index is 1.87. The zero-order valence-electron chi connectivity index (χ0n) is 13.3. The molecule has 0 amide bonds. The Morgan fingerprint density at radius 1 is 1.33 bits per heavy atom. The van der Waals surface area contributed by atoms with E-state index in [2.05, 4.69) is 46.2 Å². The Bertz CT molecular complexity index is 627. The van der Waals surface area contributed by atoms with Crippen LogP contribution in [0.3, 0.4) is 0 Å². The van der Waals surface area contributed by atoms with Crippen molar-refractivity contribution in [3.8, 4) is 0 Å². The number of aromatic nitrogens is 4. The quantitative estimate of drug-likeness (QED) is 0.933. The SMILES string of the molecule is Cc1nnc2c(N3CCCC3CNC(C)(C)C)nccn12. The van der Waals surface area contributed by atoms with Crippen molar-refractivity contribution in [2.24, 2.45) is 0 Å². The number of anilines is 1. The molecule has 0 aliphatic carbocycles.